The lowest BCUT2D eigenvalue weighted by molar-refractivity contribution is -0.149. The van der Waals surface area contributed by atoms with Crippen LogP contribution in [0.4, 0.5) is 13.2 Å². The van der Waals surface area contributed by atoms with Crippen LogP contribution in [0.5, 0.6) is 0 Å². The first kappa shape index (κ1) is 18.7. The minimum Gasteiger partial charge on any atom is -0.481 e. The van der Waals surface area contributed by atoms with Gasteiger partial charge >= 0.3 is 12.1 Å². The van der Waals surface area contributed by atoms with Gasteiger partial charge in [0.1, 0.15) is 0 Å². The molecule has 0 unspecified atom stereocenters. The molecule has 1 saturated heterocycles. The number of likely N-dealkylation sites (tertiary alicyclic amines) is 1. The lowest BCUT2D eigenvalue weighted by Crippen LogP contribution is -2.38. The maximum absolute atomic E-state index is 13.6. The van der Waals surface area contributed by atoms with Gasteiger partial charge in [-0.1, -0.05) is 6.42 Å². The molecule has 26 heavy (non-hydrogen) atoms. The van der Waals surface area contributed by atoms with E-state index in [0.717, 1.165) is 17.3 Å². The van der Waals surface area contributed by atoms with Crippen LogP contribution in [0.15, 0.2) is 6.20 Å². The highest BCUT2D eigenvalue weighted by Gasteiger charge is 2.56. The van der Waals surface area contributed by atoms with Gasteiger partial charge in [0.15, 0.2) is 5.69 Å². The maximum Gasteiger partial charge on any atom is 0.433 e. The van der Waals surface area contributed by atoms with E-state index in [4.69, 9.17) is 0 Å². The van der Waals surface area contributed by atoms with Crippen LogP contribution < -0.4 is 0 Å². The fourth-order valence-corrected chi connectivity index (χ4v) is 4.25. The number of fused-ring (bicyclic) bond motifs is 1. The van der Waals surface area contributed by atoms with Crippen LogP contribution in [0.3, 0.4) is 0 Å². The van der Waals surface area contributed by atoms with E-state index >= 15 is 0 Å². The summed E-state index contributed by atoms with van der Waals surface area (Å²) in [7, 11) is 0. The summed E-state index contributed by atoms with van der Waals surface area (Å²) in [5, 5.41) is 13.4. The van der Waals surface area contributed by atoms with Gasteiger partial charge in [-0.25, -0.2) is 0 Å². The first-order chi connectivity index (χ1) is 11.9. The van der Waals surface area contributed by atoms with Crippen molar-refractivity contribution in [3.8, 4) is 0 Å². The monoisotopic (exact) mass is 373 g/mol. The second kappa shape index (κ2) is 5.72. The largest absolute Gasteiger partial charge is 0.481 e. The number of hydrogen-bond acceptors (Lipinski definition) is 3. The standard InChI is InChI=1S/C17H22F3N3O3/c1-15(2,3)23-12(17(18,19)20)11(7-21-23)13(24)22-8-10-5-4-6-16(10,9-22)14(25)26/h7,10H,4-6,8-9H2,1-3H3,(H,25,26)/t10-,16+/m0/s1. The molecule has 2 heterocycles. The number of halogens is 3. The average Bonchev–Trinajstić information content (AvgIpc) is 3.16. The van der Waals surface area contributed by atoms with Crippen molar-refractivity contribution in [1.29, 1.82) is 0 Å². The predicted molar refractivity (Wildman–Crippen MR) is 85.5 cm³/mol. The van der Waals surface area contributed by atoms with Crippen LogP contribution in [0.25, 0.3) is 0 Å². The van der Waals surface area contributed by atoms with E-state index in [-0.39, 0.29) is 19.0 Å². The second-order valence-electron chi connectivity index (χ2n) is 8.22. The molecule has 1 aromatic rings. The summed E-state index contributed by atoms with van der Waals surface area (Å²) in [5.74, 6) is -1.99. The van der Waals surface area contributed by atoms with E-state index in [2.05, 4.69) is 5.10 Å². The van der Waals surface area contributed by atoms with Crippen molar-refractivity contribution in [2.75, 3.05) is 13.1 Å². The third-order valence-corrected chi connectivity index (χ3v) is 5.49. The minimum atomic E-state index is -4.74. The van der Waals surface area contributed by atoms with E-state index in [9.17, 15) is 27.9 Å². The van der Waals surface area contributed by atoms with E-state index in [1.807, 2.05) is 0 Å². The number of hydrogen-bond donors (Lipinski definition) is 1. The van der Waals surface area contributed by atoms with E-state index in [1.165, 1.54) is 4.90 Å². The van der Waals surface area contributed by atoms with Crippen molar-refractivity contribution in [2.24, 2.45) is 11.3 Å². The second-order valence-corrected chi connectivity index (χ2v) is 8.22. The number of carbonyl (C=O) groups excluding carboxylic acids is 1. The van der Waals surface area contributed by atoms with Crippen LogP contribution >= 0.6 is 0 Å². The minimum absolute atomic E-state index is 0.0518. The van der Waals surface area contributed by atoms with Gasteiger partial charge in [0.05, 0.1) is 22.7 Å². The Morgan fingerprint density at radius 3 is 2.46 bits per heavy atom. The first-order valence-electron chi connectivity index (χ1n) is 8.56. The summed E-state index contributed by atoms with van der Waals surface area (Å²) in [5.41, 5.74) is -3.59. The van der Waals surface area contributed by atoms with Crippen LogP contribution in [0.2, 0.25) is 0 Å². The Kier molecular flexibility index (Phi) is 4.12. The summed E-state index contributed by atoms with van der Waals surface area (Å²) >= 11 is 0. The van der Waals surface area contributed by atoms with Crippen LogP contribution in [0.1, 0.15) is 56.1 Å². The average molecular weight is 373 g/mol. The molecule has 2 aliphatic rings. The molecule has 0 aromatic carbocycles. The van der Waals surface area contributed by atoms with Crippen LogP contribution in [-0.2, 0) is 16.5 Å². The molecule has 9 heteroatoms. The Bertz CT molecular complexity index is 751. The van der Waals surface area contributed by atoms with E-state index in [0.29, 0.717) is 12.8 Å². The Morgan fingerprint density at radius 2 is 1.96 bits per heavy atom. The Labute approximate surface area is 149 Å². The molecular formula is C17H22F3N3O3. The normalized spacial score (nSPS) is 26.2. The lowest BCUT2D eigenvalue weighted by atomic mass is 9.81. The molecule has 144 valence electrons. The van der Waals surface area contributed by atoms with Gasteiger partial charge in [0.2, 0.25) is 0 Å². The zero-order valence-electron chi connectivity index (χ0n) is 14.9. The zero-order valence-corrected chi connectivity index (χ0v) is 14.9. The van der Waals surface area contributed by atoms with Gasteiger partial charge in [-0.15, -0.1) is 0 Å². The number of aromatic nitrogens is 2. The molecular weight excluding hydrogens is 351 g/mol. The third kappa shape index (κ3) is 2.77. The predicted octanol–water partition coefficient (Wildman–Crippen LogP) is 2.98. The summed E-state index contributed by atoms with van der Waals surface area (Å²) in [4.78, 5) is 25.8. The highest BCUT2D eigenvalue weighted by atomic mass is 19.4. The van der Waals surface area contributed by atoms with E-state index < -0.39 is 40.3 Å². The number of nitrogens with zero attached hydrogens (tertiary/aromatic N) is 3. The molecule has 0 spiro atoms. The number of alkyl halides is 3. The van der Waals surface area contributed by atoms with Gasteiger partial charge in [0, 0.05) is 13.1 Å². The molecule has 0 radical (unpaired) electrons. The fraction of sp³-hybridized carbons (Fsp3) is 0.706. The Balaban J connectivity index is 1.97. The van der Waals surface area contributed by atoms with Gasteiger partial charge in [-0.05, 0) is 39.5 Å². The Morgan fingerprint density at radius 1 is 1.31 bits per heavy atom. The molecule has 2 atom stereocenters. The first-order valence-corrected chi connectivity index (χ1v) is 8.56. The number of amides is 1. The molecule has 1 aromatic heterocycles. The summed E-state index contributed by atoms with van der Waals surface area (Å²) in [6.45, 7) is 4.84. The summed E-state index contributed by atoms with van der Waals surface area (Å²) in [6.07, 6.45) is -1.92. The highest BCUT2D eigenvalue weighted by molar-refractivity contribution is 5.96. The van der Waals surface area contributed by atoms with Crippen LogP contribution in [0, 0.1) is 11.3 Å². The molecule has 6 nitrogen and oxygen atoms in total. The molecule has 0 bridgehead atoms. The zero-order chi connectivity index (χ0) is 19.5. The number of rotatable bonds is 2. The smallest absolute Gasteiger partial charge is 0.433 e. The molecule has 1 aliphatic heterocycles. The topological polar surface area (TPSA) is 75.4 Å². The van der Waals surface area contributed by atoms with Gasteiger partial charge in [0.25, 0.3) is 5.91 Å². The molecule has 1 aliphatic carbocycles. The number of carbonyl (C=O) groups is 2. The van der Waals surface area contributed by atoms with Gasteiger partial charge < -0.3 is 10.0 Å². The quantitative estimate of drug-likeness (QED) is 0.865. The molecule has 3 rings (SSSR count). The molecule has 1 amide bonds. The number of carboxylic acids is 1. The van der Waals surface area contributed by atoms with Gasteiger partial charge in [-0.3, -0.25) is 14.3 Å². The molecule has 2 fully saturated rings. The fourth-order valence-electron chi connectivity index (χ4n) is 4.25. The van der Waals surface area contributed by atoms with Crippen molar-refractivity contribution in [3.63, 3.8) is 0 Å². The number of carboxylic acid groups (broad SMARTS) is 1. The maximum atomic E-state index is 13.6. The van der Waals surface area contributed by atoms with E-state index in [1.54, 1.807) is 20.8 Å². The third-order valence-electron chi connectivity index (χ3n) is 5.49. The van der Waals surface area contributed by atoms with Crippen molar-refractivity contribution in [1.82, 2.24) is 14.7 Å². The van der Waals surface area contributed by atoms with Crippen molar-refractivity contribution in [2.45, 2.75) is 51.7 Å². The van der Waals surface area contributed by atoms with Crippen LogP contribution in [-0.4, -0.2) is 44.8 Å². The molecule has 1 N–H and O–H groups in total. The van der Waals surface area contributed by atoms with Crippen molar-refractivity contribution >= 4 is 11.9 Å². The molecule has 1 saturated carbocycles. The van der Waals surface area contributed by atoms with Gasteiger partial charge in [-0.2, -0.15) is 18.3 Å². The summed E-state index contributed by atoms with van der Waals surface area (Å²) in [6, 6.07) is 0. The lowest BCUT2D eigenvalue weighted by Gasteiger charge is -2.25. The van der Waals surface area contributed by atoms with Crippen molar-refractivity contribution < 1.29 is 27.9 Å². The van der Waals surface area contributed by atoms with Crippen molar-refractivity contribution in [3.05, 3.63) is 17.5 Å². The Hall–Kier alpha value is -2.06. The SMILES string of the molecule is CC(C)(C)n1ncc(C(=O)N2C[C@@H]3CCC[C@@]3(C(=O)O)C2)c1C(F)(F)F. The highest BCUT2D eigenvalue weighted by Crippen LogP contribution is 2.49. The number of aliphatic carboxylic acids is 1. The summed E-state index contributed by atoms with van der Waals surface area (Å²) < 4.78 is 41.7.